The van der Waals surface area contributed by atoms with E-state index in [4.69, 9.17) is 5.11 Å². The summed E-state index contributed by atoms with van der Waals surface area (Å²) >= 11 is 1.56. The van der Waals surface area contributed by atoms with Gasteiger partial charge in [-0.15, -0.1) is 0 Å². The topological polar surface area (TPSA) is 87.7 Å². The Balaban J connectivity index is 2.20. The van der Waals surface area contributed by atoms with Crippen LogP contribution in [-0.2, 0) is 16.2 Å². The number of nitrogens with one attached hydrogen (secondary N) is 2. The average molecular weight is 244 g/mol. The number of aliphatic carboxylic acids is 1. The molecule has 1 aromatic heterocycles. The van der Waals surface area contributed by atoms with Crippen LogP contribution in [0.3, 0.4) is 0 Å². The molecule has 7 heteroatoms. The average Bonchev–Trinajstić information content (AvgIpc) is 2.60. The van der Waals surface area contributed by atoms with Gasteiger partial charge in [-0.25, -0.2) is 15.1 Å². The lowest BCUT2D eigenvalue weighted by Gasteiger charge is -2.06. The molecular weight excluding hydrogens is 232 g/mol. The summed E-state index contributed by atoms with van der Waals surface area (Å²) < 4.78 is 0. The van der Waals surface area contributed by atoms with Gasteiger partial charge in [0.25, 0.3) is 0 Å². The van der Waals surface area contributed by atoms with E-state index in [-0.39, 0.29) is 0 Å². The van der Waals surface area contributed by atoms with Crippen LogP contribution in [0.25, 0.3) is 0 Å². The number of hydroxylamine groups is 1. The standard InChI is InChI=1S/C9H12N2O4S/c1-6-4-16-5-7(6)2-10-9(14)11-15-3-8(12)13/h4-5H,2-3H2,1H3,(H,12,13)(H2,10,11,14). The number of urea groups is 1. The minimum absolute atomic E-state index is 0.387. The van der Waals surface area contributed by atoms with Crippen molar-refractivity contribution in [3.63, 3.8) is 0 Å². The van der Waals surface area contributed by atoms with E-state index < -0.39 is 18.6 Å². The van der Waals surface area contributed by atoms with Gasteiger partial charge in [0.1, 0.15) is 0 Å². The second kappa shape index (κ2) is 6.09. The monoisotopic (exact) mass is 244 g/mol. The Bertz CT molecular complexity index is 377. The summed E-state index contributed by atoms with van der Waals surface area (Å²) in [6.07, 6.45) is 0. The lowest BCUT2D eigenvalue weighted by atomic mass is 10.2. The number of hydrogen-bond donors (Lipinski definition) is 3. The molecule has 0 aliphatic heterocycles. The Hall–Kier alpha value is -1.60. The summed E-state index contributed by atoms with van der Waals surface area (Å²) in [6, 6.07) is -0.563. The zero-order valence-electron chi connectivity index (χ0n) is 8.65. The Morgan fingerprint density at radius 1 is 1.50 bits per heavy atom. The van der Waals surface area contributed by atoms with Gasteiger partial charge in [0.2, 0.25) is 0 Å². The number of rotatable bonds is 5. The third-order valence-corrected chi connectivity index (χ3v) is 2.67. The Morgan fingerprint density at radius 2 is 2.25 bits per heavy atom. The number of aryl methyl sites for hydroxylation is 1. The molecule has 0 unspecified atom stereocenters. The van der Waals surface area contributed by atoms with Crippen molar-refractivity contribution in [1.29, 1.82) is 0 Å². The lowest BCUT2D eigenvalue weighted by molar-refractivity contribution is -0.144. The first-order valence-electron chi connectivity index (χ1n) is 4.48. The van der Waals surface area contributed by atoms with E-state index >= 15 is 0 Å². The molecule has 0 aromatic carbocycles. The molecule has 0 radical (unpaired) electrons. The number of amides is 2. The molecule has 3 N–H and O–H groups in total. The van der Waals surface area contributed by atoms with Crippen LogP contribution in [0.4, 0.5) is 4.79 Å². The van der Waals surface area contributed by atoms with Crippen LogP contribution in [0.2, 0.25) is 0 Å². The molecule has 1 heterocycles. The van der Waals surface area contributed by atoms with E-state index in [1.165, 1.54) is 0 Å². The molecule has 0 bridgehead atoms. The molecule has 0 aliphatic carbocycles. The summed E-state index contributed by atoms with van der Waals surface area (Å²) in [6.45, 7) is 1.77. The van der Waals surface area contributed by atoms with Crippen LogP contribution < -0.4 is 10.8 Å². The number of thiophene rings is 1. The van der Waals surface area contributed by atoms with Gasteiger partial charge in [0, 0.05) is 6.54 Å². The number of carbonyl (C=O) groups excluding carboxylic acids is 1. The second-order valence-corrected chi connectivity index (χ2v) is 3.79. The van der Waals surface area contributed by atoms with Gasteiger partial charge in [-0.05, 0) is 28.8 Å². The molecular formula is C9H12N2O4S. The third kappa shape index (κ3) is 4.28. The third-order valence-electron chi connectivity index (χ3n) is 1.76. The van der Waals surface area contributed by atoms with E-state index in [1.807, 2.05) is 23.2 Å². The maximum Gasteiger partial charge on any atom is 0.338 e. The summed E-state index contributed by atoms with van der Waals surface area (Å²) in [5.41, 5.74) is 4.10. The van der Waals surface area contributed by atoms with Crippen LogP contribution in [0.1, 0.15) is 11.1 Å². The van der Waals surface area contributed by atoms with E-state index in [0.717, 1.165) is 11.1 Å². The smallest absolute Gasteiger partial charge is 0.338 e. The summed E-state index contributed by atoms with van der Waals surface area (Å²) in [5, 5.41) is 14.7. The molecule has 16 heavy (non-hydrogen) atoms. The van der Waals surface area contributed by atoms with Crippen molar-refractivity contribution in [2.45, 2.75) is 13.5 Å². The number of carboxylic acids is 1. The van der Waals surface area contributed by atoms with Crippen molar-refractivity contribution >= 4 is 23.3 Å². The lowest BCUT2D eigenvalue weighted by Crippen LogP contribution is -2.36. The first kappa shape index (κ1) is 12.5. The van der Waals surface area contributed by atoms with E-state index in [2.05, 4.69) is 10.2 Å². The molecule has 1 rings (SSSR count). The van der Waals surface area contributed by atoms with Crippen LogP contribution in [0.5, 0.6) is 0 Å². The minimum atomic E-state index is -1.14. The second-order valence-electron chi connectivity index (χ2n) is 3.05. The Kier molecular flexibility index (Phi) is 4.74. The van der Waals surface area contributed by atoms with Crippen LogP contribution in [-0.4, -0.2) is 23.7 Å². The quantitative estimate of drug-likeness (QED) is 0.671. The molecule has 0 atom stereocenters. The zero-order chi connectivity index (χ0) is 12.0. The highest BCUT2D eigenvalue weighted by molar-refractivity contribution is 7.08. The van der Waals surface area contributed by atoms with Crippen molar-refractivity contribution < 1.29 is 19.5 Å². The highest BCUT2D eigenvalue weighted by Crippen LogP contribution is 2.12. The van der Waals surface area contributed by atoms with Gasteiger partial charge < -0.3 is 10.4 Å². The van der Waals surface area contributed by atoms with Gasteiger partial charge in [-0.1, -0.05) is 0 Å². The first-order chi connectivity index (χ1) is 7.59. The number of carbonyl (C=O) groups is 2. The zero-order valence-corrected chi connectivity index (χ0v) is 9.47. The van der Waals surface area contributed by atoms with E-state index in [1.54, 1.807) is 11.3 Å². The van der Waals surface area contributed by atoms with Crippen LogP contribution in [0.15, 0.2) is 10.8 Å². The first-order valence-corrected chi connectivity index (χ1v) is 5.43. The van der Waals surface area contributed by atoms with Crippen molar-refractivity contribution in [1.82, 2.24) is 10.8 Å². The van der Waals surface area contributed by atoms with Gasteiger partial charge >= 0.3 is 12.0 Å². The highest BCUT2D eigenvalue weighted by Gasteiger charge is 2.04. The molecule has 0 saturated heterocycles. The largest absolute Gasteiger partial charge is 0.479 e. The van der Waals surface area contributed by atoms with Gasteiger partial charge in [-0.2, -0.15) is 11.3 Å². The SMILES string of the molecule is Cc1cscc1CNC(=O)NOCC(=O)O. The Labute approximate surface area is 96.2 Å². The van der Waals surface area contributed by atoms with Crippen molar-refractivity contribution in [3.05, 3.63) is 21.9 Å². The van der Waals surface area contributed by atoms with Gasteiger partial charge in [0.15, 0.2) is 6.61 Å². The van der Waals surface area contributed by atoms with Crippen molar-refractivity contribution in [2.24, 2.45) is 0 Å². The predicted molar refractivity (Wildman–Crippen MR) is 58.0 cm³/mol. The summed E-state index contributed by atoms with van der Waals surface area (Å²) in [5.74, 6) is -1.14. The molecule has 0 aliphatic rings. The number of carboxylic acid groups (broad SMARTS) is 1. The normalized spacial score (nSPS) is 9.81. The van der Waals surface area contributed by atoms with Gasteiger partial charge in [-0.3, -0.25) is 4.84 Å². The highest BCUT2D eigenvalue weighted by atomic mass is 32.1. The molecule has 0 fully saturated rings. The van der Waals surface area contributed by atoms with Crippen molar-refractivity contribution in [2.75, 3.05) is 6.61 Å². The molecule has 0 saturated carbocycles. The fraction of sp³-hybridized carbons (Fsp3) is 0.333. The maximum atomic E-state index is 11.1. The van der Waals surface area contributed by atoms with E-state index in [9.17, 15) is 9.59 Å². The van der Waals surface area contributed by atoms with Crippen molar-refractivity contribution in [3.8, 4) is 0 Å². The molecule has 0 spiro atoms. The molecule has 2 amide bonds. The fourth-order valence-corrected chi connectivity index (χ4v) is 1.80. The molecule has 6 nitrogen and oxygen atoms in total. The van der Waals surface area contributed by atoms with Gasteiger partial charge in [0.05, 0.1) is 0 Å². The molecule has 1 aromatic rings. The summed E-state index contributed by atoms with van der Waals surface area (Å²) in [4.78, 5) is 25.6. The summed E-state index contributed by atoms with van der Waals surface area (Å²) in [7, 11) is 0. The maximum absolute atomic E-state index is 11.1. The fourth-order valence-electron chi connectivity index (χ4n) is 0.943. The Morgan fingerprint density at radius 3 is 2.81 bits per heavy atom. The van der Waals surface area contributed by atoms with Crippen LogP contribution >= 0.6 is 11.3 Å². The number of hydrogen-bond acceptors (Lipinski definition) is 4. The van der Waals surface area contributed by atoms with E-state index in [0.29, 0.717) is 6.54 Å². The predicted octanol–water partition coefficient (Wildman–Crippen LogP) is 0.872. The molecule has 88 valence electrons. The minimum Gasteiger partial charge on any atom is -0.479 e. The van der Waals surface area contributed by atoms with Crippen LogP contribution in [0, 0.1) is 6.92 Å².